The second kappa shape index (κ2) is 12.2. The number of amides is 1. The predicted octanol–water partition coefficient (Wildman–Crippen LogP) is 2.83. The number of pyridine rings is 1. The molecular formula is C25H25ClN2O5. The molecule has 0 atom stereocenters. The largest absolute Gasteiger partial charge is 0.384 e. The first kappa shape index (κ1) is 24.5. The molecule has 0 radical (unpaired) electrons. The van der Waals surface area contributed by atoms with Gasteiger partial charge in [0.25, 0.3) is 5.91 Å². The molecule has 0 unspecified atom stereocenters. The molecule has 1 aromatic heterocycles. The summed E-state index contributed by atoms with van der Waals surface area (Å²) < 4.78 is 10.5. The van der Waals surface area contributed by atoms with Crippen LogP contribution in [0.3, 0.4) is 0 Å². The number of hydrogen-bond donors (Lipinski definition) is 2. The second-order valence-corrected chi connectivity index (χ2v) is 7.65. The number of nitrogens with one attached hydrogen (secondary N) is 1. The maximum atomic E-state index is 13.4. The number of aliphatic hydroxyl groups is 1. The van der Waals surface area contributed by atoms with Crippen LogP contribution in [0.15, 0.2) is 53.5 Å². The van der Waals surface area contributed by atoms with Crippen LogP contribution in [0.4, 0.5) is 0 Å². The topological polar surface area (TPSA) is 91.9 Å². The zero-order valence-electron chi connectivity index (χ0n) is 18.3. The normalized spacial score (nSPS) is 10.6. The van der Waals surface area contributed by atoms with Crippen LogP contribution in [-0.4, -0.2) is 61.0 Å². The van der Waals surface area contributed by atoms with Gasteiger partial charge in [0.2, 0.25) is 5.43 Å². The Morgan fingerprint density at radius 3 is 2.67 bits per heavy atom. The maximum absolute atomic E-state index is 13.4. The van der Waals surface area contributed by atoms with E-state index < -0.39 is 5.91 Å². The molecule has 3 rings (SSSR count). The zero-order valence-corrected chi connectivity index (χ0v) is 19.0. The number of hydrogen-bond acceptors (Lipinski definition) is 5. The van der Waals surface area contributed by atoms with E-state index in [1.54, 1.807) is 42.3 Å². The van der Waals surface area contributed by atoms with Crippen LogP contribution in [0.1, 0.15) is 21.5 Å². The Labute approximate surface area is 196 Å². The van der Waals surface area contributed by atoms with E-state index in [0.29, 0.717) is 54.4 Å². The predicted molar refractivity (Wildman–Crippen MR) is 127 cm³/mol. The van der Waals surface area contributed by atoms with Gasteiger partial charge in [-0.05, 0) is 35.9 Å². The van der Waals surface area contributed by atoms with Crippen molar-refractivity contribution in [3.05, 3.63) is 80.6 Å². The number of fused-ring (bicyclic) bond motifs is 1. The van der Waals surface area contributed by atoms with Gasteiger partial charge in [0.1, 0.15) is 12.2 Å². The number of aromatic amines is 1. The Hall–Kier alpha value is -3.15. The highest BCUT2D eigenvalue weighted by molar-refractivity contribution is 6.30. The van der Waals surface area contributed by atoms with E-state index in [4.69, 9.17) is 26.2 Å². The Morgan fingerprint density at radius 1 is 1.15 bits per heavy atom. The van der Waals surface area contributed by atoms with Crippen molar-refractivity contribution in [3.63, 3.8) is 0 Å². The van der Waals surface area contributed by atoms with Gasteiger partial charge in [-0.15, -0.1) is 0 Å². The number of ether oxygens (including phenoxy) is 2. The molecule has 0 aliphatic rings. The molecule has 7 nitrogen and oxygen atoms in total. The lowest BCUT2D eigenvalue weighted by Crippen LogP contribution is -2.36. The van der Waals surface area contributed by atoms with Gasteiger partial charge < -0.3 is 24.5 Å². The Morgan fingerprint density at radius 2 is 1.94 bits per heavy atom. The van der Waals surface area contributed by atoms with Gasteiger partial charge in [-0.3, -0.25) is 9.59 Å². The zero-order chi connectivity index (χ0) is 23.6. The lowest BCUT2D eigenvalue weighted by molar-refractivity contribution is 0.0476. The lowest BCUT2D eigenvalue weighted by atomic mass is 10.1. The molecular weight excluding hydrogens is 444 g/mol. The van der Waals surface area contributed by atoms with E-state index in [0.717, 1.165) is 5.56 Å². The Kier molecular flexibility index (Phi) is 9.04. The first-order chi connectivity index (χ1) is 16.0. The molecule has 0 fully saturated rings. The molecule has 1 amide bonds. The minimum atomic E-state index is -0.407. The van der Waals surface area contributed by atoms with Crippen LogP contribution in [-0.2, 0) is 16.0 Å². The SMILES string of the molecule is COCCOCCN(Cc1ccc(Cl)cc1)C(=O)c1c[nH]c2ccc(C#CCO)cc2c1=O. The van der Waals surface area contributed by atoms with Crippen LogP contribution in [0, 0.1) is 11.8 Å². The highest BCUT2D eigenvalue weighted by atomic mass is 35.5. The van der Waals surface area contributed by atoms with E-state index in [1.165, 1.54) is 6.20 Å². The molecule has 0 aliphatic heterocycles. The summed E-state index contributed by atoms with van der Waals surface area (Å²) in [5.41, 5.74) is 1.70. The summed E-state index contributed by atoms with van der Waals surface area (Å²) >= 11 is 5.98. The quantitative estimate of drug-likeness (QED) is 0.372. The van der Waals surface area contributed by atoms with Crippen molar-refractivity contribution in [2.45, 2.75) is 6.54 Å². The van der Waals surface area contributed by atoms with E-state index >= 15 is 0 Å². The molecule has 0 saturated carbocycles. The van der Waals surface area contributed by atoms with E-state index in [1.807, 2.05) is 12.1 Å². The first-order valence-electron chi connectivity index (χ1n) is 10.4. The molecule has 0 spiro atoms. The fourth-order valence-electron chi connectivity index (χ4n) is 3.25. The number of carbonyl (C=O) groups excluding carboxylic acids is 1. The molecule has 2 aromatic carbocycles. The molecule has 0 aliphatic carbocycles. The number of nitrogens with zero attached hydrogens (tertiary/aromatic N) is 1. The number of methoxy groups -OCH3 is 1. The van der Waals surface area contributed by atoms with E-state index in [2.05, 4.69) is 16.8 Å². The molecule has 0 saturated heterocycles. The highest BCUT2D eigenvalue weighted by Gasteiger charge is 2.20. The van der Waals surface area contributed by atoms with E-state index in [9.17, 15) is 9.59 Å². The highest BCUT2D eigenvalue weighted by Crippen LogP contribution is 2.15. The smallest absolute Gasteiger partial charge is 0.259 e. The van der Waals surface area contributed by atoms with Gasteiger partial charge in [0, 0.05) is 47.9 Å². The summed E-state index contributed by atoms with van der Waals surface area (Å²) in [6.07, 6.45) is 1.44. The summed E-state index contributed by atoms with van der Waals surface area (Å²) in [4.78, 5) is 31.2. The lowest BCUT2D eigenvalue weighted by Gasteiger charge is -2.23. The summed E-state index contributed by atoms with van der Waals surface area (Å²) in [5, 5.41) is 9.87. The van der Waals surface area contributed by atoms with Crippen LogP contribution in [0.25, 0.3) is 10.9 Å². The number of carbonyl (C=O) groups is 1. The van der Waals surface area contributed by atoms with Gasteiger partial charge in [0.15, 0.2) is 0 Å². The molecule has 0 bridgehead atoms. The van der Waals surface area contributed by atoms with Crippen molar-refractivity contribution >= 4 is 28.4 Å². The number of halogens is 1. The third-order valence-electron chi connectivity index (χ3n) is 4.93. The van der Waals surface area contributed by atoms with Gasteiger partial charge in [0.05, 0.1) is 19.8 Å². The third kappa shape index (κ3) is 6.67. The molecule has 172 valence electrons. The number of aromatic nitrogens is 1. The van der Waals surface area contributed by atoms with Crippen LogP contribution < -0.4 is 5.43 Å². The van der Waals surface area contributed by atoms with Gasteiger partial charge in [-0.2, -0.15) is 0 Å². The Bertz CT molecular complexity index is 1210. The van der Waals surface area contributed by atoms with Crippen molar-refractivity contribution in [2.75, 3.05) is 40.1 Å². The van der Waals surface area contributed by atoms with Crippen molar-refractivity contribution in [1.29, 1.82) is 0 Å². The average Bonchev–Trinajstić information content (AvgIpc) is 2.83. The van der Waals surface area contributed by atoms with Crippen molar-refractivity contribution in [1.82, 2.24) is 9.88 Å². The van der Waals surface area contributed by atoms with Gasteiger partial charge in [-0.25, -0.2) is 0 Å². The Balaban J connectivity index is 1.90. The van der Waals surface area contributed by atoms with Crippen LogP contribution >= 0.6 is 11.6 Å². The van der Waals surface area contributed by atoms with Crippen LogP contribution in [0.5, 0.6) is 0 Å². The fraction of sp³-hybridized carbons (Fsp3) is 0.280. The summed E-state index contributed by atoms with van der Waals surface area (Å²) in [7, 11) is 1.59. The fourth-order valence-corrected chi connectivity index (χ4v) is 3.37. The molecule has 3 aromatic rings. The number of benzene rings is 2. The van der Waals surface area contributed by atoms with Crippen molar-refractivity contribution in [3.8, 4) is 11.8 Å². The summed E-state index contributed by atoms with van der Waals surface area (Å²) in [6.45, 7) is 1.48. The first-order valence-corrected chi connectivity index (χ1v) is 10.8. The standard InChI is InChI=1S/C25H25ClN2O5/c1-32-13-14-33-12-10-28(17-19-4-7-20(26)8-5-19)25(31)22-16-27-23-9-6-18(3-2-11-29)15-21(23)24(22)30/h4-9,15-16,29H,10-14,17H2,1H3,(H,27,30). The molecule has 2 N–H and O–H groups in total. The van der Waals surface area contributed by atoms with Gasteiger partial charge in [-0.1, -0.05) is 35.6 Å². The summed E-state index contributed by atoms with van der Waals surface area (Å²) in [6, 6.07) is 12.3. The van der Waals surface area contributed by atoms with Crippen molar-refractivity contribution in [2.24, 2.45) is 0 Å². The van der Waals surface area contributed by atoms with Gasteiger partial charge >= 0.3 is 0 Å². The third-order valence-corrected chi connectivity index (χ3v) is 5.19. The molecule has 33 heavy (non-hydrogen) atoms. The summed E-state index contributed by atoms with van der Waals surface area (Å²) in [5.74, 6) is 4.93. The monoisotopic (exact) mass is 468 g/mol. The van der Waals surface area contributed by atoms with Crippen LogP contribution in [0.2, 0.25) is 5.02 Å². The second-order valence-electron chi connectivity index (χ2n) is 7.21. The molecule has 8 heteroatoms. The number of rotatable bonds is 9. The minimum absolute atomic E-state index is 0.0284. The average molecular weight is 469 g/mol. The van der Waals surface area contributed by atoms with Crippen molar-refractivity contribution < 1.29 is 19.4 Å². The number of aliphatic hydroxyl groups excluding tert-OH is 1. The maximum Gasteiger partial charge on any atom is 0.259 e. The molecule has 1 heterocycles. The minimum Gasteiger partial charge on any atom is -0.384 e. The number of H-pyrrole nitrogens is 1. The van der Waals surface area contributed by atoms with E-state index in [-0.39, 0.29) is 17.6 Å².